The molecule has 0 radical (unpaired) electrons. The van der Waals surface area contributed by atoms with E-state index in [-0.39, 0.29) is 12.7 Å². The summed E-state index contributed by atoms with van der Waals surface area (Å²) in [7, 11) is 0. The van der Waals surface area contributed by atoms with Gasteiger partial charge in [0.05, 0.1) is 13.2 Å². The Labute approximate surface area is 225 Å². The molecule has 3 aromatic carbocycles. The Hall–Kier alpha value is -3.92. The normalized spacial score (nSPS) is 12.1. The molecule has 1 aromatic heterocycles. The number of carbonyl (C=O) groups is 1. The van der Waals surface area contributed by atoms with Crippen molar-refractivity contribution in [3.63, 3.8) is 0 Å². The minimum absolute atomic E-state index is 0.243. The molecular weight excluding hydrogens is 502 g/mol. The second-order valence-corrected chi connectivity index (χ2v) is 9.68. The van der Waals surface area contributed by atoms with Crippen LogP contribution in [0.3, 0.4) is 0 Å². The van der Waals surface area contributed by atoms with Gasteiger partial charge in [-0.05, 0) is 47.9 Å². The molecule has 0 atom stereocenters. The number of hydrogen-bond acceptors (Lipinski definition) is 8. The monoisotopic (exact) mass is 531 g/mol. The van der Waals surface area contributed by atoms with E-state index in [0.717, 1.165) is 38.9 Å². The van der Waals surface area contributed by atoms with Crippen LogP contribution in [-0.4, -0.2) is 29.2 Å². The molecule has 8 nitrogen and oxygen atoms in total. The van der Waals surface area contributed by atoms with E-state index in [9.17, 15) is 4.79 Å². The molecule has 0 spiro atoms. The van der Waals surface area contributed by atoms with Crippen molar-refractivity contribution in [1.82, 2.24) is 15.4 Å². The van der Waals surface area contributed by atoms with Crippen molar-refractivity contribution in [3.8, 4) is 17.2 Å². The number of aromatic nitrogens is 1. The summed E-state index contributed by atoms with van der Waals surface area (Å²) in [6.07, 6.45) is 0. The summed E-state index contributed by atoms with van der Waals surface area (Å²) in [5.41, 5.74) is 6.12. The fourth-order valence-electron chi connectivity index (χ4n) is 4.02. The number of hydrogen-bond donors (Lipinski definition) is 1. The summed E-state index contributed by atoms with van der Waals surface area (Å²) in [5.74, 6) is 2.00. The number of fused-ring (bicyclic) bond motifs is 1. The van der Waals surface area contributed by atoms with Gasteiger partial charge in [-0.15, -0.1) is 11.3 Å². The molecule has 0 saturated carbocycles. The molecule has 0 saturated heterocycles. The van der Waals surface area contributed by atoms with Crippen LogP contribution in [0.2, 0.25) is 0 Å². The maximum absolute atomic E-state index is 12.2. The number of nitrogens with zero attached hydrogens (tertiary/aromatic N) is 2. The smallest absolute Gasteiger partial charge is 0.294 e. The number of rotatable bonds is 12. The summed E-state index contributed by atoms with van der Waals surface area (Å²) >= 11 is 1.45. The predicted molar refractivity (Wildman–Crippen MR) is 144 cm³/mol. The quantitative estimate of drug-likeness (QED) is 0.247. The van der Waals surface area contributed by atoms with Crippen LogP contribution >= 0.6 is 11.3 Å². The van der Waals surface area contributed by atoms with Crippen LogP contribution in [0.4, 0.5) is 0 Å². The van der Waals surface area contributed by atoms with Crippen molar-refractivity contribution >= 4 is 17.2 Å². The number of thiazole rings is 1. The zero-order chi connectivity index (χ0) is 26.2. The topological polar surface area (TPSA) is 82.2 Å². The molecule has 38 heavy (non-hydrogen) atoms. The largest absolute Gasteiger partial charge is 0.489 e. The first-order chi connectivity index (χ1) is 18.7. The molecule has 1 aliphatic rings. The SMILES string of the molecule is CCONC(=O)c1csc(CN(Cc2ccc(OCc3ccccc3)cc2)Cc2ccc3c(c2)OCO3)n1. The molecule has 5 rings (SSSR count). The zero-order valence-corrected chi connectivity index (χ0v) is 21.9. The van der Waals surface area contributed by atoms with E-state index in [4.69, 9.17) is 19.0 Å². The number of amides is 1. The lowest BCUT2D eigenvalue weighted by molar-refractivity contribution is 0.0360. The number of ether oxygens (including phenoxy) is 3. The minimum Gasteiger partial charge on any atom is -0.489 e. The van der Waals surface area contributed by atoms with E-state index in [1.165, 1.54) is 11.3 Å². The maximum atomic E-state index is 12.2. The lowest BCUT2D eigenvalue weighted by atomic mass is 10.1. The Kier molecular flexibility index (Phi) is 8.49. The van der Waals surface area contributed by atoms with E-state index < -0.39 is 0 Å². The molecule has 0 aliphatic carbocycles. The Morgan fingerprint density at radius 1 is 0.947 bits per heavy atom. The van der Waals surface area contributed by atoms with E-state index in [1.54, 1.807) is 5.38 Å². The third kappa shape index (κ3) is 6.89. The van der Waals surface area contributed by atoms with Crippen LogP contribution in [0.15, 0.2) is 78.2 Å². The summed E-state index contributed by atoms with van der Waals surface area (Å²) < 4.78 is 17.0. The van der Waals surface area contributed by atoms with E-state index >= 15 is 0 Å². The summed E-state index contributed by atoms with van der Waals surface area (Å²) in [6, 6.07) is 24.3. The van der Waals surface area contributed by atoms with Gasteiger partial charge >= 0.3 is 0 Å². The average molecular weight is 532 g/mol. The molecule has 1 amide bonds. The van der Waals surface area contributed by atoms with Crippen molar-refractivity contribution in [1.29, 1.82) is 0 Å². The van der Waals surface area contributed by atoms with Gasteiger partial charge in [0.1, 0.15) is 23.1 Å². The Bertz CT molecular complexity index is 1340. The Morgan fingerprint density at radius 3 is 2.53 bits per heavy atom. The highest BCUT2D eigenvalue weighted by Gasteiger charge is 2.17. The van der Waals surface area contributed by atoms with Crippen LogP contribution in [0.1, 0.15) is 39.1 Å². The van der Waals surface area contributed by atoms with Crippen molar-refractivity contribution < 1.29 is 23.8 Å². The van der Waals surface area contributed by atoms with Gasteiger partial charge in [-0.25, -0.2) is 10.5 Å². The molecule has 0 bridgehead atoms. The molecule has 2 heterocycles. The van der Waals surface area contributed by atoms with Gasteiger partial charge in [-0.3, -0.25) is 14.5 Å². The number of hydroxylamine groups is 1. The third-order valence-electron chi connectivity index (χ3n) is 5.87. The first kappa shape index (κ1) is 25.7. The van der Waals surface area contributed by atoms with Crippen LogP contribution in [-0.2, 0) is 31.1 Å². The minimum atomic E-state index is -0.345. The third-order valence-corrected chi connectivity index (χ3v) is 6.71. The van der Waals surface area contributed by atoms with Crippen molar-refractivity contribution in [3.05, 3.63) is 106 Å². The summed E-state index contributed by atoms with van der Waals surface area (Å²) in [5, 5.41) is 2.59. The van der Waals surface area contributed by atoms with Gasteiger partial charge in [-0.2, -0.15) is 0 Å². The van der Waals surface area contributed by atoms with Crippen molar-refractivity contribution in [2.24, 2.45) is 0 Å². The highest BCUT2D eigenvalue weighted by Crippen LogP contribution is 2.33. The molecule has 9 heteroatoms. The van der Waals surface area contributed by atoms with Gasteiger partial charge < -0.3 is 14.2 Å². The van der Waals surface area contributed by atoms with Crippen LogP contribution in [0, 0.1) is 0 Å². The molecule has 1 N–H and O–H groups in total. The molecular formula is C29H29N3O5S. The van der Waals surface area contributed by atoms with Crippen LogP contribution < -0.4 is 19.7 Å². The maximum Gasteiger partial charge on any atom is 0.294 e. The summed E-state index contributed by atoms with van der Waals surface area (Å²) in [6.45, 7) is 4.90. The average Bonchev–Trinajstić information content (AvgIpc) is 3.61. The van der Waals surface area contributed by atoms with Gasteiger partial charge in [0.2, 0.25) is 6.79 Å². The molecule has 4 aromatic rings. The fourth-order valence-corrected chi connectivity index (χ4v) is 4.84. The number of nitrogens with one attached hydrogen (secondary N) is 1. The molecule has 0 fully saturated rings. The number of benzene rings is 3. The lowest BCUT2D eigenvalue weighted by Gasteiger charge is -2.22. The predicted octanol–water partition coefficient (Wildman–Crippen LogP) is 5.33. The lowest BCUT2D eigenvalue weighted by Crippen LogP contribution is -2.24. The Balaban J connectivity index is 1.27. The van der Waals surface area contributed by atoms with E-state index in [0.29, 0.717) is 38.5 Å². The van der Waals surface area contributed by atoms with Crippen molar-refractivity contribution in [2.45, 2.75) is 33.2 Å². The van der Waals surface area contributed by atoms with Gasteiger partial charge in [-0.1, -0.05) is 48.5 Å². The first-order valence-electron chi connectivity index (χ1n) is 12.4. The zero-order valence-electron chi connectivity index (χ0n) is 21.1. The van der Waals surface area contributed by atoms with Gasteiger partial charge in [0, 0.05) is 18.5 Å². The second kappa shape index (κ2) is 12.6. The molecule has 0 unspecified atom stereocenters. The standard InChI is InChI=1S/C29H29N3O5S/c1-2-37-31-29(33)25-19-38-28(30-25)17-32(16-23-10-13-26-27(14-23)36-20-35-26)15-21-8-11-24(12-9-21)34-18-22-6-4-3-5-7-22/h3-14,19H,2,15-18,20H2,1H3,(H,31,33). The first-order valence-corrected chi connectivity index (χ1v) is 13.3. The van der Waals surface area contributed by atoms with Crippen LogP contribution in [0.5, 0.6) is 17.2 Å². The van der Waals surface area contributed by atoms with E-state index in [2.05, 4.69) is 27.5 Å². The van der Waals surface area contributed by atoms with Crippen LogP contribution in [0.25, 0.3) is 0 Å². The highest BCUT2D eigenvalue weighted by atomic mass is 32.1. The summed E-state index contributed by atoms with van der Waals surface area (Å²) in [4.78, 5) is 24.0. The second-order valence-electron chi connectivity index (χ2n) is 8.74. The Morgan fingerprint density at radius 2 is 1.71 bits per heavy atom. The van der Waals surface area contributed by atoms with Crippen molar-refractivity contribution in [2.75, 3.05) is 13.4 Å². The van der Waals surface area contributed by atoms with E-state index in [1.807, 2.05) is 67.6 Å². The fraction of sp³-hybridized carbons (Fsp3) is 0.241. The van der Waals surface area contributed by atoms with Gasteiger partial charge in [0.15, 0.2) is 11.5 Å². The molecule has 1 aliphatic heterocycles. The molecule has 196 valence electrons. The van der Waals surface area contributed by atoms with Gasteiger partial charge in [0.25, 0.3) is 5.91 Å². The highest BCUT2D eigenvalue weighted by molar-refractivity contribution is 7.09. The number of carbonyl (C=O) groups excluding carboxylic acids is 1.